The molecule has 126 valence electrons. The van der Waals surface area contributed by atoms with Crippen LogP contribution >= 0.6 is 0 Å². The fourth-order valence-corrected chi connectivity index (χ4v) is 3.20. The summed E-state index contributed by atoms with van der Waals surface area (Å²) in [5, 5.41) is 2.92. The van der Waals surface area contributed by atoms with E-state index in [0.29, 0.717) is 25.3 Å². The average Bonchev–Trinajstić information content (AvgIpc) is 3.05. The Labute approximate surface area is 138 Å². The SMILES string of the molecule is COC(=O)C(CNC(=O)CC1CCCC1)Cc1ccc(C)cc1. The molecule has 1 aromatic rings. The first-order valence-corrected chi connectivity index (χ1v) is 8.48. The van der Waals surface area contributed by atoms with Crippen LogP contribution in [0.1, 0.15) is 43.2 Å². The Balaban J connectivity index is 1.86. The van der Waals surface area contributed by atoms with Gasteiger partial charge in [0, 0.05) is 13.0 Å². The van der Waals surface area contributed by atoms with E-state index in [1.165, 1.54) is 25.5 Å². The summed E-state index contributed by atoms with van der Waals surface area (Å²) >= 11 is 0. The lowest BCUT2D eigenvalue weighted by Gasteiger charge is -2.16. The number of hydrogen-bond acceptors (Lipinski definition) is 3. The maximum atomic E-state index is 12.0. The standard InChI is InChI=1S/C19H27NO3/c1-14-7-9-16(10-8-14)11-17(19(22)23-2)13-20-18(21)12-15-5-3-4-6-15/h7-10,15,17H,3-6,11-13H2,1-2H3,(H,20,21). The highest BCUT2D eigenvalue weighted by Gasteiger charge is 2.22. The van der Waals surface area contributed by atoms with Crippen LogP contribution in [0.15, 0.2) is 24.3 Å². The maximum absolute atomic E-state index is 12.0. The third-order valence-electron chi connectivity index (χ3n) is 4.63. The number of aryl methyl sites for hydroxylation is 1. The Bertz CT molecular complexity index is 518. The molecule has 1 aliphatic rings. The van der Waals surface area contributed by atoms with Crippen LogP contribution in [0.4, 0.5) is 0 Å². The number of methoxy groups -OCH3 is 1. The minimum Gasteiger partial charge on any atom is -0.469 e. The monoisotopic (exact) mass is 317 g/mol. The van der Waals surface area contributed by atoms with Crippen molar-refractivity contribution in [2.45, 2.75) is 45.4 Å². The lowest BCUT2D eigenvalue weighted by molar-refractivity contribution is -0.145. The van der Waals surface area contributed by atoms with Crippen molar-refractivity contribution < 1.29 is 14.3 Å². The van der Waals surface area contributed by atoms with Gasteiger partial charge >= 0.3 is 5.97 Å². The molecule has 23 heavy (non-hydrogen) atoms. The van der Waals surface area contributed by atoms with Gasteiger partial charge in [0.05, 0.1) is 13.0 Å². The first-order chi connectivity index (χ1) is 11.1. The number of amides is 1. The first-order valence-electron chi connectivity index (χ1n) is 8.48. The number of rotatable bonds is 7. The van der Waals surface area contributed by atoms with Gasteiger partial charge in [-0.3, -0.25) is 9.59 Å². The molecule has 1 unspecified atom stereocenters. The molecule has 0 radical (unpaired) electrons. The van der Waals surface area contributed by atoms with E-state index in [0.717, 1.165) is 18.4 Å². The van der Waals surface area contributed by atoms with Crippen LogP contribution in [0.5, 0.6) is 0 Å². The van der Waals surface area contributed by atoms with E-state index in [9.17, 15) is 9.59 Å². The zero-order chi connectivity index (χ0) is 16.7. The van der Waals surface area contributed by atoms with Gasteiger partial charge in [-0.1, -0.05) is 42.7 Å². The summed E-state index contributed by atoms with van der Waals surface area (Å²) in [4.78, 5) is 24.0. The van der Waals surface area contributed by atoms with E-state index in [1.54, 1.807) is 0 Å². The lowest BCUT2D eigenvalue weighted by atomic mass is 9.98. The van der Waals surface area contributed by atoms with Gasteiger partial charge in [0.2, 0.25) is 5.91 Å². The minimum absolute atomic E-state index is 0.0507. The van der Waals surface area contributed by atoms with E-state index in [-0.39, 0.29) is 17.8 Å². The van der Waals surface area contributed by atoms with E-state index in [1.807, 2.05) is 31.2 Å². The van der Waals surface area contributed by atoms with Gasteiger partial charge in [0.25, 0.3) is 0 Å². The van der Waals surface area contributed by atoms with E-state index in [4.69, 9.17) is 4.74 Å². The first kappa shape index (κ1) is 17.5. The van der Waals surface area contributed by atoms with Crippen LogP contribution < -0.4 is 5.32 Å². The highest BCUT2D eigenvalue weighted by Crippen LogP contribution is 2.27. The molecule has 0 heterocycles. The van der Waals surface area contributed by atoms with Gasteiger partial charge in [-0.15, -0.1) is 0 Å². The molecular formula is C19H27NO3. The number of ether oxygens (including phenoxy) is 1. The summed E-state index contributed by atoms with van der Waals surface area (Å²) in [6.07, 6.45) is 5.93. The third-order valence-corrected chi connectivity index (χ3v) is 4.63. The topological polar surface area (TPSA) is 55.4 Å². The highest BCUT2D eigenvalue weighted by atomic mass is 16.5. The van der Waals surface area contributed by atoms with Gasteiger partial charge in [-0.25, -0.2) is 0 Å². The van der Waals surface area contributed by atoms with Crippen LogP contribution in [0.25, 0.3) is 0 Å². The molecule has 1 amide bonds. The summed E-state index contributed by atoms with van der Waals surface area (Å²) in [6, 6.07) is 8.10. The summed E-state index contributed by atoms with van der Waals surface area (Å²) in [7, 11) is 1.39. The molecule has 1 atom stereocenters. The summed E-state index contributed by atoms with van der Waals surface area (Å²) in [5.74, 6) is -0.0413. The molecule has 1 N–H and O–H groups in total. The maximum Gasteiger partial charge on any atom is 0.310 e. The van der Waals surface area contributed by atoms with Crippen molar-refractivity contribution in [3.8, 4) is 0 Å². The Kier molecular flexibility index (Phi) is 6.63. The van der Waals surface area contributed by atoms with Crippen molar-refractivity contribution in [3.05, 3.63) is 35.4 Å². The van der Waals surface area contributed by atoms with Crippen molar-refractivity contribution in [3.63, 3.8) is 0 Å². The van der Waals surface area contributed by atoms with Crippen LogP contribution in [0, 0.1) is 18.8 Å². The number of carbonyl (C=O) groups excluding carboxylic acids is 2. The lowest BCUT2D eigenvalue weighted by Crippen LogP contribution is -2.35. The van der Waals surface area contributed by atoms with Crippen LogP contribution in [-0.2, 0) is 20.7 Å². The zero-order valence-electron chi connectivity index (χ0n) is 14.1. The molecule has 0 spiro atoms. The van der Waals surface area contributed by atoms with Gasteiger partial charge in [-0.05, 0) is 37.7 Å². The van der Waals surface area contributed by atoms with E-state index in [2.05, 4.69) is 5.32 Å². The predicted molar refractivity (Wildman–Crippen MR) is 90.0 cm³/mol. The zero-order valence-corrected chi connectivity index (χ0v) is 14.1. The van der Waals surface area contributed by atoms with Crippen molar-refractivity contribution in [2.24, 2.45) is 11.8 Å². The number of carbonyl (C=O) groups is 2. The summed E-state index contributed by atoms with van der Waals surface area (Å²) < 4.78 is 4.88. The molecular weight excluding hydrogens is 290 g/mol. The Morgan fingerprint density at radius 2 is 1.87 bits per heavy atom. The average molecular weight is 317 g/mol. The fraction of sp³-hybridized carbons (Fsp3) is 0.579. The van der Waals surface area contributed by atoms with Crippen LogP contribution in [-0.4, -0.2) is 25.5 Å². The van der Waals surface area contributed by atoms with Gasteiger partial charge < -0.3 is 10.1 Å². The smallest absolute Gasteiger partial charge is 0.310 e. The van der Waals surface area contributed by atoms with Crippen molar-refractivity contribution in [1.82, 2.24) is 5.32 Å². The molecule has 0 saturated heterocycles. The normalized spacial score (nSPS) is 16.1. The van der Waals surface area contributed by atoms with Crippen molar-refractivity contribution in [1.29, 1.82) is 0 Å². The largest absolute Gasteiger partial charge is 0.469 e. The van der Waals surface area contributed by atoms with E-state index >= 15 is 0 Å². The highest BCUT2D eigenvalue weighted by molar-refractivity contribution is 5.78. The molecule has 1 aromatic carbocycles. The molecule has 0 bridgehead atoms. The van der Waals surface area contributed by atoms with Crippen molar-refractivity contribution >= 4 is 11.9 Å². The number of hydrogen-bond donors (Lipinski definition) is 1. The molecule has 1 saturated carbocycles. The molecule has 4 nitrogen and oxygen atoms in total. The van der Waals surface area contributed by atoms with Crippen LogP contribution in [0.2, 0.25) is 0 Å². The molecule has 4 heteroatoms. The molecule has 1 aliphatic carbocycles. The molecule has 2 rings (SSSR count). The second kappa shape index (κ2) is 8.70. The second-order valence-electron chi connectivity index (χ2n) is 6.57. The Morgan fingerprint density at radius 1 is 1.22 bits per heavy atom. The van der Waals surface area contributed by atoms with Crippen LogP contribution in [0.3, 0.4) is 0 Å². The second-order valence-corrected chi connectivity index (χ2v) is 6.57. The molecule has 0 aromatic heterocycles. The number of benzene rings is 1. The van der Waals surface area contributed by atoms with Gasteiger partial charge in [0.1, 0.15) is 0 Å². The molecule has 0 aliphatic heterocycles. The summed E-state index contributed by atoms with van der Waals surface area (Å²) in [5.41, 5.74) is 2.27. The third kappa shape index (κ3) is 5.70. The van der Waals surface area contributed by atoms with Gasteiger partial charge in [-0.2, -0.15) is 0 Å². The Morgan fingerprint density at radius 3 is 2.48 bits per heavy atom. The molecule has 1 fully saturated rings. The quantitative estimate of drug-likeness (QED) is 0.787. The number of esters is 1. The fourth-order valence-electron chi connectivity index (χ4n) is 3.20. The van der Waals surface area contributed by atoms with E-state index < -0.39 is 0 Å². The predicted octanol–water partition coefficient (Wildman–Crippen LogP) is 3.02. The number of nitrogens with one attached hydrogen (secondary N) is 1. The van der Waals surface area contributed by atoms with Gasteiger partial charge in [0.15, 0.2) is 0 Å². The van der Waals surface area contributed by atoms with Crippen molar-refractivity contribution in [2.75, 3.05) is 13.7 Å². The minimum atomic E-state index is -0.338. The Hall–Kier alpha value is -1.84. The summed E-state index contributed by atoms with van der Waals surface area (Å²) in [6.45, 7) is 2.37.